The van der Waals surface area contributed by atoms with Crippen LogP contribution in [0, 0.1) is 12.7 Å². The predicted molar refractivity (Wildman–Crippen MR) is 101 cm³/mol. The second kappa shape index (κ2) is 8.31. The van der Waals surface area contributed by atoms with Gasteiger partial charge < -0.3 is 10.2 Å². The van der Waals surface area contributed by atoms with E-state index in [2.05, 4.69) is 5.32 Å². The number of carbonyl (C=O) groups is 1. The molecule has 0 aromatic heterocycles. The van der Waals surface area contributed by atoms with Crippen LogP contribution in [0.5, 0.6) is 0 Å². The molecule has 0 radical (unpaired) electrons. The number of nitrogens with one attached hydrogen (secondary N) is 1. The Bertz CT molecular complexity index is 897. The predicted octanol–water partition coefficient (Wildman–Crippen LogP) is 2.79. The zero-order valence-corrected chi connectivity index (χ0v) is 15.9. The Balaban J connectivity index is 1.92. The molecule has 0 saturated carbocycles. The van der Waals surface area contributed by atoms with E-state index in [9.17, 15) is 17.6 Å². The largest absolute Gasteiger partial charge is 0.372 e. The van der Waals surface area contributed by atoms with Crippen LogP contribution in [0.2, 0.25) is 0 Å². The molecule has 0 bridgehead atoms. The number of para-hydroxylation sites is 1. The van der Waals surface area contributed by atoms with E-state index in [-0.39, 0.29) is 16.6 Å². The van der Waals surface area contributed by atoms with Crippen molar-refractivity contribution in [3.8, 4) is 0 Å². The molecule has 140 valence electrons. The Morgan fingerprint density at radius 3 is 2.54 bits per heavy atom. The lowest BCUT2D eigenvalue weighted by Crippen LogP contribution is -2.29. The summed E-state index contributed by atoms with van der Waals surface area (Å²) in [5.74, 6) is -0.603. The molecule has 1 N–H and O–H groups in total. The molecule has 0 unspecified atom stereocenters. The monoisotopic (exact) mass is 378 g/mol. The lowest BCUT2D eigenvalue weighted by molar-refractivity contribution is 0.0952. The number of hydrogen-bond acceptors (Lipinski definition) is 4. The zero-order valence-electron chi connectivity index (χ0n) is 15.1. The van der Waals surface area contributed by atoms with Crippen molar-refractivity contribution in [2.24, 2.45) is 0 Å². The molecule has 5 nitrogen and oxygen atoms in total. The van der Waals surface area contributed by atoms with Crippen LogP contribution in [-0.2, 0) is 9.84 Å². The van der Waals surface area contributed by atoms with E-state index in [0.717, 1.165) is 6.26 Å². The van der Waals surface area contributed by atoms with Gasteiger partial charge in [0, 0.05) is 32.0 Å². The lowest BCUT2D eigenvalue weighted by atomic mass is 10.1. The van der Waals surface area contributed by atoms with Gasteiger partial charge in [-0.25, -0.2) is 12.8 Å². The van der Waals surface area contributed by atoms with Crippen molar-refractivity contribution in [3.05, 3.63) is 59.4 Å². The van der Waals surface area contributed by atoms with Crippen molar-refractivity contribution in [3.63, 3.8) is 0 Å². The van der Waals surface area contributed by atoms with Gasteiger partial charge in [0.2, 0.25) is 0 Å². The fraction of sp³-hybridized carbons (Fsp3) is 0.316. The maximum absolute atomic E-state index is 13.7. The topological polar surface area (TPSA) is 66.5 Å². The lowest BCUT2D eigenvalue weighted by Gasteiger charge is -2.20. The molecular formula is C19H23FN2O3S. The smallest absolute Gasteiger partial charge is 0.251 e. The molecule has 0 aliphatic heterocycles. The van der Waals surface area contributed by atoms with Gasteiger partial charge in [-0.3, -0.25) is 4.79 Å². The highest BCUT2D eigenvalue weighted by atomic mass is 32.2. The Hall–Kier alpha value is -2.41. The van der Waals surface area contributed by atoms with E-state index in [1.54, 1.807) is 43.1 Å². The molecule has 0 heterocycles. The molecule has 2 aromatic carbocycles. The molecule has 0 aliphatic carbocycles. The van der Waals surface area contributed by atoms with E-state index in [0.29, 0.717) is 36.3 Å². The van der Waals surface area contributed by atoms with Gasteiger partial charge in [0.05, 0.1) is 10.6 Å². The van der Waals surface area contributed by atoms with Crippen LogP contribution in [0.25, 0.3) is 0 Å². The standard InChI is InChI=1S/C19H23FN2O3S/c1-14-9-10-15(26(3,24)25)13-16(14)19(23)21-11-6-12-22(2)18-8-5-4-7-17(18)20/h4-5,7-10,13H,6,11-12H2,1-3H3,(H,21,23). The number of nitrogens with zero attached hydrogens (tertiary/aromatic N) is 1. The average Bonchev–Trinajstić information content (AvgIpc) is 2.58. The first-order valence-electron chi connectivity index (χ1n) is 8.24. The maximum Gasteiger partial charge on any atom is 0.251 e. The van der Waals surface area contributed by atoms with E-state index in [1.807, 2.05) is 0 Å². The summed E-state index contributed by atoms with van der Waals surface area (Å²) in [7, 11) is -1.58. The summed E-state index contributed by atoms with van der Waals surface area (Å²) in [5, 5.41) is 2.79. The minimum absolute atomic E-state index is 0.118. The summed E-state index contributed by atoms with van der Waals surface area (Å²) in [6, 6.07) is 11.0. The summed E-state index contributed by atoms with van der Waals surface area (Å²) in [5.41, 5.74) is 1.56. The first-order valence-corrected chi connectivity index (χ1v) is 10.1. The van der Waals surface area contributed by atoms with Crippen molar-refractivity contribution in [1.82, 2.24) is 5.32 Å². The van der Waals surface area contributed by atoms with Crippen LogP contribution in [0.3, 0.4) is 0 Å². The van der Waals surface area contributed by atoms with Crippen LogP contribution in [0.15, 0.2) is 47.4 Å². The van der Waals surface area contributed by atoms with Gasteiger partial charge in [-0.05, 0) is 43.2 Å². The Morgan fingerprint density at radius 2 is 1.88 bits per heavy atom. The van der Waals surface area contributed by atoms with Crippen LogP contribution >= 0.6 is 0 Å². The summed E-state index contributed by atoms with van der Waals surface area (Å²) >= 11 is 0. The fourth-order valence-electron chi connectivity index (χ4n) is 2.57. The highest BCUT2D eigenvalue weighted by Gasteiger charge is 2.14. The van der Waals surface area contributed by atoms with Gasteiger partial charge in [0.25, 0.3) is 5.91 Å². The van der Waals surface area contributed by atoms with Crippen molar-refractivity contribution in [1.29, 1.82) is 0 Å². The quantitative estimate of drug-likeness (QED) is 0.753. The van der Waals surface area contributed by atoms with Gasteiger partial charge in [0.1, 0.15) is 5.82 Å². The molecule has 1 amide bonds. The molecule has 26 heavy (non-hydrogen) atoms. The summed E-state index contributed by atoms with van der Waals surface area (Å²) in [6.07, 6.45) is 1.74. The molecule has 0 saturated heterocycles. The van der Waals surface area contributed by atoms with Crippen molar-refractivity contribution in [2.45, 2.75) is 18.2 Å². The molecule has 7 heteroatoms. The molecule has 0 fully saturated rings. The summed E-state index contributed by atoms with van der Waals surface area (Å²) in [4.78, 5) is 14.2. The number of rotatable bonds is 7. The first kappa shape index (κ1) is 19.9. The normalized spacial score (nSPS) is 11.2. The fourth-order valence-corrected chi connectivity index (χ4v) is 3.22. The first-order chi connectivity index (χ1) is 12.2. The number of halogens is 1. The van der Waals surface area contributed by atoms with E-state index >= 15 is 0 Å². The van der Waals surface area contributed by atoms with Gasteiger partial charge >= 0.3 is 0 Å². The highest BCUT2D eigenvalue weighted by molar-refractivity contribution is 7.90. The minimum Gasteiger partial charge on any atom is -0.372 e. The maximum atomic E-state index is 13.7. The molecule has 2 aromatic rings. The van der Waals surface area contributed by atoms with Crippen molar-refractivity contribution in [2.75, 3.05) is 31.3 Å². The van der Waals surface area contributed by atoms with Crippen molar-refractivity contribution < 1.29 is 17.6 Å². The number of anilines is 1. The molecule has 0 atom stereocenters. The number of amides is 1. The van der Waals surface area contributed by atoms with E-state index in [4.69, 9.17) is 0 Å². The van der Waals surface area contributed by atoms with E-state index in [1.165, 1.54) is 18.2 Å². The third kappa shape index (κ3) is 5.05. The highest BCUT2D eigenvalue weighted by Crippen LogP contribution is 2.17. The summed E-state index contributed by atoms with van der Waals surface area (Å²) < 4.78 is 37.0. The molecular weight excluding hydrogens is 355 g/mol. The number of sulfone groups is 1. The third-order valence-corrected chi connectivity index (χ3v) is 5.21. The van der Waals surface area contributed by atoms with Gasteiger partial charge in [-0.1, -0.05) is 18.2 Å². The van der Waals surface area contributed by atoms with Crippen molar-refractivity contribution >= 4 is 21.4 Å². The number of benzene rings is 2. The second-order valence-corrected chi connectivity index (χ2v) is 8.25. The van der Waals surface area contributed by atoms with Crippen LogP contribution in [0.1, 0.15) is 22.3 Å². The average molecular weight is 378 g/mol. The zero-order chi connectivity index (χ0) is 19.3. The minimum atomic E-state index is -3.37. The van der Waals surface area contributed by atoms with Gasteiger partial charge in [-0.15, -0.1) is 0 Å². The Labute approximate surface area is 153 Å². The van der Waals surface area contributed by atoms with E-state index < -0.39 is 9.84 Å². The number of aryl methyl sites for hydroxylation is 1. The molecule has 0 aliphatic rings. The SMILES string of the molecule is Cc1ccc(S(C)(=O)=O)cc1C(=O)NCCCN(C)c1ccccc1F. The number of hydrogen-bond donors (Lipinski definition) is 1. The summed E-state index contributed by atoms with van der Waals surface area (Å²) in [6.45, 7) is 2.73. The number of carbonyl (C=O) groups excluding carboxylic acids is 1. The molecule has 0 spiro atoms. The van der Waals surface area contributed by atoms with Crippen LogP contribution in [-0.4, -0.2) is 40.7 Å². The van der Waals surface area contributed by atoms with Gasteiger partial charge in [0.15, 0.2) is 9.84 Å². The second-order valence-electron chi connectivity index (χ2n) is 6.23. The Kier molecular flexibility index (Phi) is 6.37. The van der Waals surface area contributed by atoms with Crippen LogP contribution < -0.4 is 10.2 Å². The molecule has 2 rings (SSSR count). The van der Waals surface area contributed by atoms with Crippen LogP contribution in [0.4, 0.5) is 10.1 Å². The Morgan fingerprint density at radius 1 is 1.19 bits per heavy atom. The third-order valence-electron chi connectivity index (χ3n) is 4.10. The van der Waals surface area contributed by atoms with Gasteiger partial charge in [-0.2, -0.15) is 0 Å².